The predicted octanol–water partition coefficient (Wildman–Crippen LogP) is 4.54. The molecule has 1 aliphatic carbocycles. The van der Waals surface area contributed by atoms with Crippen molar-refractivity contribution < 1.29 is 23.1 Å². The van der Waals surface area contributed by atoms with Crippen LogP contribution in [-0.2, 0) is 12.7 Å². The Labute approximate surface area is 218 Å². The molecule has 1 fully saturated rings. The van der Waals surface area contributed by atoms with Crippen molar-refractivity contribution in [3.63, 3.8) is 0 Å². The minimum absolute atomic E-state index is 0.0944. The first-order chi connectivity index (χ1) is 18.2. The monoisotopic (exact) mass is 531 g/mol. The van der Waals surface area contributed by atoms with Gasteiger partial charge in [0.15, 0.2) is 5.69 Å². The molecule has 0 bridgehead atoms. The van der Waals surface area contributed by atoms with Crippen molar-refractivity contribution >= 4 is 17.7 Å². The normalized spacial score (nSPS) is 17.7. The number of benzene rings is 1. The first kappa shape index (κ1) is 27.4. The van der Waals surface area contributed by atoms with Crippen molar-refractivity contribution in [2.75, 3.05) is 17.2 Å². The summed E-state index contributed by atoms with van der Waals surface area (Å²) in [5, 5.41) is 19.2. The van der Waals surface area contributed by atoms with Gasteiger partial charge in [-0.1, -0.05) is 25.5 Å². The summed E-state index contributed by atoms with van der Waals surface area (Å²) in [6, 6.07) is 6.87. The fourth-order valence-corrected chi connectivity index (χ4v) is 4.21. The van der Waals surface area contributed by atoms with E-state index in [1.165, 1.54) is 10.8 Å². The van der Waals surface area contributed by atoms with Crippen LogP contribution in [-0.4, -0.2) is 49.2 Å². The van der Waals surface area contributed by atoms with Gasteiger partial charge in [0.05, 0.1) is 12.4 Å². The number of aliphatic hydroxyl groups excluding tert-OH is 1. The van der Waals surface area contributed by atoms with Gasteiger partial charge in [-0.2, -0.15) is 18.2 Å². The van der Waals surface area contributed by atoms with Crippen LogP contribution in [0.3, 0.4) is 0 Å². The highest BCUT2D eigenvalue weighted by Crippen LogP contribution is 2.28. The third kappa shape index (κ3) is 7.21. The molecule has 0 aliphatic heterocycles. The molecular weight excluding hydrogens is 499 g/mol. The Kier molecular flexibility index (Phi) is 8.82. The summed E-state index contributed by atoms with van der Waals surface area (Å²) in [4.78, 5) is 25.3. The van der Waals surface area contributed by atoms with Gasteiger partial charge in [-0.25, -0.2) is 9.97 Å². The standard InChI is InChI=1S/C26H32F3N7O2/c1-2-3-12-30-25-32-14-21(23(35-25)34-18-6-10-20(37)11-7-18)24(38)31-13-17-4-8-19(9-5-17)36-15-22(33-16-36)26(27,28)29/h4-5,8-9,14-16,18,20,37H,2-3,6-7,10-13H2,1H3,(H,31,38)(H2,30,32,34,35). The van der Waals surface area contributed by atoms with E-state index in [-0.39, 0.29) is 24.6 Å². The van der Waals surface area contributed by atoms with Crippen molar-refractivity contribution in [3.05, 3.63) is 59.8 Å². The summed E-state index contributed by atoms with van der Waals surface area (Å²) in [7, 11) is 0. The topological polar surface area (TPSA) is 117 Å². The number of rotatable bonds is 10. The van der Waals surface area contributed by atoms with E-state index in [9.17, 15) is 23.1 Å². The Morgan fingerprint density at radius 1 is 1.13 bits per heavy atom. The summed E-state index contributed by atoms with van der Waals surface area (Å²) in [5.74, 6) is 0.530. The van der Waals surface area contributed by atoms with Crippen molar-refractivity contribution in [2.45, 2.75) is 70.3 Å². The number of aromatic nitrogens is 4. The van der Waals surface area contributed by atoms with Crippen LogP contribution >= 0.6 is 0 Å². The number of hydrogen-bond acceptors (Lipinski definition) is 7. The molecular formula is C26H32F3N7O2. The zero-order valence-corrected chi connectivity index (χ0v) is 21.1. The first-order valence-corrected chi connectivity index (χ1v) is 12.8. The molecule has 12 heteroatoms. The van der Waals surface area contributed by atoms with Crippen LogP contribution in [0, 0.1) is 0 Å². The number of nitrogens with zero attached hydrogens (tertiary/aromatic N) is 4. The zero-order chi connectivity index (χ0) is 27.1. The molecule has 2 heterocycles. The highest BCUT2D eigenvalue weighted by molar-refractivity contribution is 5.98. The van der Waals surface area contributed by atoms with Gasteiger partial charge in [-0.15, -0.1) is 0 Å². The quantitative estimate of drug-likeness (QED) is 0.284. The van der Waals surface area contributed by atoms with Crippen molar-refractivity contribution in [3.8, 4) is 5.69 Å². The third-order valence-corrected chi connectivity index (χ3v) is 6.44. The van der Waals surface area contributed by atoms with Gasteiger partial charge in [0.1, 0.15) is 11.4 Å². The number of carbonyl (C=O) groups is 1. The molecule has 4 N–H and O–H groups in total. The first-order valence-electron chi connectivity index (χ1n) is 12.8. The number of anilines is 2. The molecule has 9 nitrogen and oxygen atoms in total. The van der Waals surface area contributed by atoms with Gasteiger partial charge in [0, 0.05) is 37.2 Å². The SMILES string of the molecule is CCCCNc1ncc(C(=O)NCc2ccc(-n3cnc(C(F)(F)F)c3)cc2)c(NC2CCC(O)CC2)n1. The van der Waals surface area contributed by atoms with Crippen LogP contribution in [0.5, 0.6) is 0 Å². The molecule has 204 valence electrons. The summed E-state index contributed by atoms with van der Waals surface area (Å²) in [6.45, 7) is 3.03. The van der Waals surface area contributed by atoms with Crippen LogP contribution in [0.25, 0.3) is 5.69 Å². The number of hydrogen-bond donors (Lipinski definition) is 4. The van der Waals surface area contributed by atoms with Gasteiger partial charge in [0.2, 0.25) is 5.95 Å². The van der Waals surface area contributed by atoms with E-state index in [2.05, 4.69) is 37.8 Å². The number of unbranched alkanes of at least 4 members (excludes halogenated alkanes) is 1. The molecule has 0 atom stereocenters. The lowest BCUT2D eigenvalue weighted by molar-refractivity contribution is -0.140. The second kappa shape index (κ2) is 12.2. The van der Waals surface area contributed by atoms with E-state index < -0.39 is 11.9 Å². The molecule has 2 aromatic heterocycles. The molecule has 4 rings (SSSR count). The Hall–Kier alpha value is -3.67. The summed E-state index contributed by atoms with van der Waals surface area (Å²) in [6.07, 6.45) is 3.68. The number of imidazole rings is 1. The maximum absolute atomic E-state index is 13.1. The number of alkyl halides is 3. The number of halogens is 3. The van der Waals surface area contributed by atoms with Crippen molar-refractivity contribution in [2.24, 2.45) is 0 Å². The molecule has 0 spiro atoms. The van der Waals surface area contributed by atoms with Crippen LogP contribution in [0.1, 0.15) is 67.1 Å². The zero-order valence-electron chi connectivity index (χ0n) is 21.1. The minimum atomic E-state index is -4.51. The number of carbonyl (C=O) groups excluding carboxylic acids is 1. The summed E-state index contributed by atoms with van der Waals surface area (Å²) < 4.78 is 39.8. The van der Waals surface area contributed by atoms with Gasteiger partial charge < -0.3 is 25.6 Å². The van der Waals surface area contributed by atoms with Gasteiger partial charge in [-0.05, 0) is 49.8 Å². The highest BCUT2D eigenvalue weighted by atomic mass is 19.4. The van der Waals surface area contributed by atoms with Crippen LogP contribution < -0.4 is 16.0 Å². The van der Waals surface area contributed by atoms with E-state index in [1.54, 1.807) is 24.3 Å². The van der Waals surface area contributed by atoms with Gasteiger partial charge in [0.25, 0.3) is 5.91 Å². The Morgan fingerprint density at radius 2 is 1.87 bits per heavy atom. The molecule has 1 saturated carbocycles. The number of nitrogens with one attached hydrogen (secondary N) is 3. The predicted molar refractivity (Wildman–Crippen MR) is 137 cm³/mol. The molecule has 1 aliphatic rings. The Bertz CT molecular complexity index is 1210. The molecule has 0 radical (unpaired) electrons. The number of aliphatic hydroxyl groups is 1. The molecule has 1 amide bonds. The fraction of sp³-hybridized carbons (Fsp3) is 0.462. The smallest absolute Gasteiger partial charge is 0.393 e. The average Bonchev–Trinajstić information content (AvgIpc) is 3.41. The summed E-state index contributed by atoms with van der Waals surface area (Å²) in [5.41, 5.74) is 0.642. The lowest BCUT2D eigenvalue weighted by Crippen LogP contribution is -2.31. The van der Waals surface area contributed by atoms with E-state index in [0.29, 0.717) is 35.9 Å². The number of amides is 1. The average molecular weight is 532 g/mol. The molecule has 3 aromatic rings. The molecule has 0 unspecified atom stereocenters. The largest absolute Gasteiger partial charge is 0.434 e. The summed E-state index contributed by atoms with van der Waals surface area (Å²) >= 11 is 0. The lowest BCUT2D eigenvalue weighted by atomic mass is 9.93. The second-order valence-corrected chi connectivity index (χ2v) is 9.40. The Morgan fingerprint density at radius 3 is 2.53 bits per heavy atom. The Balaban J connectivity index is 1.42. The van der Waals surface area contributed by atoms with E-state index >= 15 is 0 Å². The molecule has 38 heavy (non-hydrogen) atoms. The maximum atomic E-state index is 13.1. The van der Waals surface area contributed by atoms with E-state index in [0.717, 1.165) is 50.3 Å². The van der Waals surface area contributed by atoms with E-state index in [4.69, 9.17) is 0 Å². The minimum Gasteiger partial charge on any atom is -0.393 e. The lowest BCUT2D eigenvalue weighted by Gasteiger charge is -2.27. The van der Waals surface area contributed by atoms with Gasteiger partial charge in [-0.3, -0.25) is 4.79 Å². The third-order valence-electron chi connectivity index (χ3n) is 6.44. The van der Waals surface area contributed by atoms with Crippen LogP contribution in [0.15, 0.2) is 43.0 Å². The molecule has 0 saturated heterocycles. The second-order valence-electron chi connectivity index (χ2n) is 9.40. The van der Waals surface area contributed by atoms with Crippen molar-refractivity contribution in [1.82, 2.24) is 24.8 Å². The molecule has 1 aromatic carbocycles. The fourth-order valence-electron chi connectivity index (χ4n) is 4.21. The van der Waals surface area contributed by atoms with Crippen LogP contribution in [0.4, 0.5) is 24.9 Å². The van der Waals surface area contributed by atoms with Crippen LogP contribution in [0.2, 0.25) is 0 Å². The van der Waals surface area contributed by atoms with Gasteiger partial charge >= 0.3 is 6.18 Å². The van der Waals surface area contributed by atoms with Crippen molar-refractivity contribution in [1.29, 1.82) is 0 Å². The highest BCUT2D eigenvalue weighted by Gasteiger charge is 2.33. The van der Waals surface area contributed by atoms with E-state index in [1.807, 2.05) is 0 Å². The maximum Gasteiger partial charge on any atom is 0.434 e.